The second-order valence-electron chi connectivity index (χ2n) is 12.9. The molecule has 2 aromatic carbocycles. The molecule has 4 atom stereocenters. The summed E-state index contributed by atoms with van der Waals surface area (Å²) >= 11 is 11.8. The lowest BCUT2D eigenvalue weighted by molar-refractivity contribution is -0.131. The summed E-state index contributed by atoms with van der Waals surface area (Å²) in [6, 6.07) is 15.5. The van der Waals surface area contributed by atoms with Crippen LogP contribution < -0.4 is 0 Å². The van der Waals surface area contributed by atoms with Crippen LogP contribution in [-0.2, 0) is 9.59 Å². The highest BCUT2D eigenvalue weighted by Gasteiger charge is 2.47. The quantitative estimate of drug-likeness (QED) is 0.333. The van der Waals surface area contributed by atoms with Crippen LogP contribution in [0.3, 0.4) is 0 Å². The normalized spacial score (nSPS) is 32.2. The van der Waals surface area contributed by atoms with E-state index < -0.39 is 0 Å². The standard InChI is InChI=1S/2C18H21ClO/c2*1-18-11-3-2-4-15(18)8-7-14(17(18)20)12-13-5-9-16(19)10-6-13/h2*5-6,9-10,12,15H,2-4,7-8,11H2,1H3/b2*14-12+. The number of rotatable bonds is 2. The fourth-order valence-electron chi connectivity index (χ4n) is 7.75. The molecular formula is C36H42Cl2O2. The molecule has 0 N–H and O–H groups in total. The number of benzene rings is 2. The van der Waals surface area contributed by atoms with E-state index in [1.54, 1.807) is 0 Å². The number of Topliss-reactive ketones (excluding diaryl/α,β-unsaturated/α-hetero) is 2. The molecule has 4 fully saturated rings. The van der Waals surface area contributed by atoms with Crippen LogP contribution in [0.2, 0.25) is 10.0 Å². The smallest absolute Gasteiger partial charge is 0.165 e. The fourth-order valence-corrected chi connectivity index (χ4v) is 8.00. The molecule has 212 valence electrons. The molecule has 0 heterocycles. The van der Waals surface area contributed by atoms with Crippen molar-refractivity contribution in [1.29, 1.82) is 0 Å². The van der Waals surface area contributed by atoms with Crippen LogP contribution in [-0.4, -0.2) is 11.6 Å². The van der Waals surface area contributed by atoms with Crippen LogP contribution in [0.15, 0.2) is 59.7 Å². The molecule has 0 aliphatic heterocycles. The van der Waals surface area contributed by atoms with Crippen molar-refractivity contribution < 1.29 is 9.59 Å². The molecule has 0 saturated heterocycles. The van der Waals surface area contributed by atoms with Gasteiger partial charge in [0, 0.05) is 20.9 Å². The van der Waals surface area contributed by atoms with Crippen molar-refractivity contribution in [3.63, 3.8) is 0 Å². The number of ketones is 2. The van der Waals surface area contributed by atoms with Gasteiger partial charge in [-0.1, -0.05) is 87.0 Å². The lowest BCUT2D eigenvalue weighted by Gasteiger charge is -2.44. The Morgan fingerprint density at radius 1 is 0.600 bits per heavy atom. The zero-order valence-electron chi connectivity index (χ0n) is 24.0. The predicted octanol–water partition coefficient (Wildman–Crippen LogP) is 10.6. The van der Waals surface area contributed by atoms with Gasteiger partial charge in [-0.15, -0.1) is 0 Å². The van der Waals surface area contributed by atoms with Crippen LogP contribution >= 0.6 is 23.2 Å². The molecule has 4 heteroatoms. The second kappa shape index (κ2) is 12.4. The van der Waals surface area contributed by atoms with Gasteiger partial charge in [0.15, 0.2) is 11.6 Å². The molecule has 4 aliphatic rings. The fraction of sp³-hybridized carbons (Fsp3) is 0.500. The first-order chi connectivity index (χ1) is 19.2. The molecule has 0 radical (unpaired) electrons. The van der Waals surface area contributed by atoms with Gasteiger partial charge in [0.05, 0.1) is 0 Å². The van der Waals surface area contributed by atoms with E-state index in [-0.39, 0.29) is 10.8 Å². The van der Waals surface area contributed by atoms with Gasteiger partial charge in [0.1, 0.15) is 0 Å². The van der Waals surface area contributed by atoms with Crippen molar-refractivity contribution in [2.24, 2.45) is 22.7 Å². The first-order valence-corrected chi connectivity index (χ1v) is 16.0. The van der Waals surface area contributed by atoms with Gasteiger partial charge in [-0.25, -0.2) is 0 Å². The Labute approximate surface area is 250 Å². The highest BCUT2D eigenvalue weighted by molar-refractivity contribution is 6.30. The van der Waals surface area contributed by atoms with Gasteiger partial charge >= 0.3 is 0 Å². The second-order valence-corrected chi connectivity index (χ2v) is 13.8. The Morgan fingerprint density at radius 2 is 0.975 bits per heavy atom. The lowest BCUT2D eigenvalue weighted by atomic mass is 9.58. The Hall–Kier alpha value is -2.16. The Kier molecular flexibility index (Phi) is 9.08. The van der Waals surface area contributed by atoms with Gasteiger partial charge in [-0.05, 0) is 122 Å². The van der Waals surface area contributed by atoms with E-state index in [9.17, 15) is 9.59 Å². The van der Waals surface area contributed by atoms with E-state index >= 15 is 0 Å². The summed E-state index contributed by atoms with van der Waals surface area (Å²) < 4.78 is 0. The summed E-state index contributed by atoms with van der Waals surface area (Å²) in [7, 11) is 0. The van der Waals surface area contributed by atoms with Crippen molar-refractivity contribution in [2.45, 2.75) is 90.9 Å². The molecule has 0 bridgehead atoms. The van der Waals surface area contributed by atoms with Crippen molar-refractivity contribution in [3.05, 3.63) is 80.8 Å². The zero-order valence-corrected chi connectivity index (χ0v) is 25.5. The third-order valence-electron chi connectivity index (χ3n) is 10.4. The molecule has 4 saturated carbocycles. The highest BCUT2D eigenvalue weighted by Crippen LogP contribution is 2.51. The molecule has 40 heavy (non-hydrogen) atoms. The summed E-state index contributed by atoms with van der Waals surface area (Å²) in [4.78, 5) is 25.7. The summed E-state index contributed by atoms with van der Waals surface area (Å²) in [5.41, 5.74) is 3.97. The topological polar surface area (TPSA) is 34.1 Å². The minimum atomic E-state index is -0.102. The molecule has 2 nitrogen and oxygen atoms in total. The number of carbonyl (C=O) groups is 2. The molecular weight excluding hydrogens is 535 g/mol. The van der Waals surface area contributed by atoms with Gasteiger partial charge in [-0.3, -0.25) is 9.59 Å². The third-order valence-corrected chi connectivity index (χ3v) is 10.9. The van der Waals surface area contributed by atoms with Crippen molar-refractivity contribution >= 4 is 46.9 Å². The number of allylic oxidation sites excluding steroid dienone is 2. The van der Waals surface area contributed by atoms with Gasteiger partial charge in [-0.2, -0.15) is 0 Å². The van der Waals surface area contributed by atoms with Crippen molar-refractivity contribution in [3.8, 4) is 0 Å². The van der Waals surface area contributed by atoms with E-state index in [0.717, 1.165) is 58.0 Å². The van der Waals surface area contributed by atoms with E-state index in [1.165, 1.54) is 51.4 Å². The lowest BCUT2D eigenvalue weighted by Crippen LogP contribution is -2.42. The zero-order chi connectivity index (χ0) is 28.3. The molecule has 0 spiro atoms. The molecule has 6 rings (SSSR count). The maximum absolute atomic E-state index is 12.9. The SMILES string of the molecule is CC12CCCCC1CC/C(=C\c1ccc(Cl)cc1)C2=O.CC12CCCCC1CC/C(=C\c1ccc(Cl)cc1)C2=O. The number of fused-ring (bicyclic) bond motifs is 2. The van der Waals surface area contributed by atoms with Gasteiger partial charge < -0.3 is 0 Å². The number of carbonyl (C=O) groups excluding carboxylic acids is 2. The highest BCUT2D eigenvalue weighted by atomic mass is 35.5. The number of hydrogen-bond acceptors (Lipinski definition) is 2. The average Bonchev–Trinajstić information content (AvgIpc) is 2.95. The molecule has 0 aromatic heterocycles. The third kappa shape index (κ3) is 6.19. The van der Waals surface area contributed by atoms with Crippen molar-refractivity contribution in [2.75, 3.05) is 0 Å². The van der Waals surface area contributed by atoms with Gasteiger partial charge in [0.25, 0.3) is 0 Å². The monoisotopic (exact) mass is 576 g/mol. The van der Waals surface area contributed by atoms with E-state index in [2.05, 4.69) is 26.0 Å². The van der Waals surface area contributed by atoms with Crippen LogP contribution in [0.1, 0.15) is 102 Å². The van der Waals surface area contributed by atoms with E-state index in [1.807, 2.05) is 48.5 Å². The first-order valence-electron chi connectivity index (χ1n) is 15.2. The Bertz CT molecular complexity index is 1190. The van der Waals surface area contributed by atoms with Crippen LogP contribution in [0.25, 0.3) is 12.2 Å². The number of hydrogen-bond donors (Lipinski definition) is 0. The van der Waals surface area contributed by atoms with Crippen LogP contribution in [0.4, 0.5) is 0 Å². The minimum Gasteiger partial charge on any atom is -0.294 e. The molecule has 4 aliphatic carbocycles. The maximum Gasteiger partial charge on any atom is 0.165 e. The first kappa shape index (κ1) is 29.3. The summed E-state index contributed by atoms with van der Waals surface area (Å²) in [5.74, 6) is 1.99. The van der Waals surface area contributed by atoms with Crippen LogP contribution in [0, 0.1) is 22.7 Å². The van der Waals surface area contributed by atoms with E-state index in [0.29, 0.717) is 23.4 Å². The predicted molar refractivity (Wildman–Crippen MR) is 167 cm³/mol. The summed E-state index contributed by atoms with van der Waals surface area (Å²) in [6.45, 7) is 4.38. The Morgan fingerprint density at radius 3 is 1.35 bits per heavy atom. The van der Waals surface area contributed by atoms with E-state index in [4.69, 9.17) is 23.2 Å². The molecule has 0 amide bonds. The van der Waals surface area contributed by atoms with Crippen LogP contribution in [0.5, 0.6) is 0 Å². The Balaban J connectivity index is 0.000000161. The molecule has 2 aromatic rings. The minimum absolute atomic E-state index is 0.102. The average molecular weight is 578 g/mol. The van der Waals surface area contributed by atoms with Crippen molar-refractivity contribution in [1.82, 2.24) is 0 Å². The van der Waals surface area contributed by atoms with Gasteiger partial charge in [0.2, 0.25) is 0 Å². The maximum atomic E-state index is 12.9. The largest absolute Gasteiger partial charge is 0.294 e. The summed E-state index contributed by atoms with van der Waals surface area (Å²) in [5, 5.41) is 1.47. The number of halogens is 2. The summed E-state index contributed by atoms with van der Waals surface area (Å²) in [6.07, 6.45) is 17.9. The molecule has 4 unspecified atom stereocenters.